The van der Waals surface area contributed by atoms with Crippen molar-refractivity contribution in [3.63, 3.8) is 0 Å². The van der Waals surface area contributed by atoms with E-state index in [1.165, 1.54) is 0 Å². The van der Waals surface area contributed by atoms with Gasteiger partial charge in [-0.1, -0.05) is 6.07 Å². The Morgan fingerprint density at radius 2 is 2.23 bits per heavy atom. The van der Waals surface area contributed by atoms with E-state index in [4.69, 9.17) is 10.5 Å². The predicted molar refractivity (Wildman–Crippen MR) is 83.0 cm³/mol. The molecule has 0 radical (unpaired) electrons. The second kappa shape index (κ2) is 5.40. The van der Waals surface area contributed by atoms with Crippen LogP contribution in [0.3, 0.4) is 0 Å². The summed E-state index contributed by atoms with van der Waals surface area (Å²) in [5.74, 6) is 0.446. The van der Waals surface area contributed by atoms with Crippen LogP contribution in [0.25, 0.3) is 0 Å². The lowest BCUT2D eigenvalue weighted by molar-refractivity contribution is 0.0906. The molecular weight excluding hydrogens is 284 g/mol. The first-order valence-electron chi connectivity index (χ1n) is 7.42. The number of rotatable bonds is 1. The smallest absolute Gasteiger partial charge is 0.409 e. The number of nitrogens with zero attached hydrogens (tertiary/aromatic N) is 2. The largest absolute Gasteiger partial charge is 0.507 e. The standard InChI is InChI=1S/C15H20N4O3/c1-2-22-14(21)19-8-6-15(7-9-19)17-10-4-3-5-11(20)12(10)13(16)18-15/h3-5,17,20H,2,6-9H2,1H3,(H2,16,18). The zero-order valence-corrected chi connectivity index (χ0v) is 12.5. The minimum Gasteiger partial charge on any atom is -0.507 e. The van der Waals surface area contributed by atoms with Gasteiger partial charge in [0.2, 0.25) is 0 Å². The number of aliphatic imine (C=N–C) groups is 1. The van der Waals surface area contributed by atoms with Gasteiger partial charge in [0.25, 0.3) is 0 Å². The van der Waals surface area contributed by atoms with E-state index in [0.29, 0.717) is 43.9 Å². The number of anilines is 1. The zero-order valence-electron chi connectivity index (χ0n) is 12.5. The molecule has 3 rings (SSSR count). The van der Waals surface area contributed by atoms with Crippen LogP contribution in [0.15, 0.2) is 23.2 Å². The summed E-state index contributed by atoms with van der Waals surface area (Å²) in [4.78, 5) is 18.0. The van der Waals surface area contributed by atoms with E-state index in [1.54, 1.807) is 24.0 Å². The van der Waals surface area contributed by atoms with Crippen LogP contribution in [0.4, 0.5) is 10.5 Å². The minimum absolute atomic E-state index is 0.116. The normalized spacial score (nSPS) is 19.1. The fraction of sp³-hybridized carbons (Fsp3) is 0.467. The number of benzene rings is 1. The number of carbonyl (C=O) groups excluding carboxylic acids is 1. The fourth-order valence-corrected chi connectivity index (χ4v) is 2.99. The summed E-state index contributed by atoms with van der Waals surface area (Å²) in [6.07, 6.45) is 0.992. The molecular formula is C15H20N4O3. The summed E-state index contributed by atoms with van der Waals surface area (Å²) in [5.41, 5.74) is 6.84. The second-order valence-electron chi connectivity index (χ2n) is 5.54. The van der Waals surface area contributed by atoms with Crippen LogP contribution >= 0.6 is 0 Å². The fourth-order valence-electron chi connectivity index (χ4n) is 2.99. The molecule has 4 N–H and O–H groups in total. The van der Waals surface area contributed by atoms with E-state index in [1.807, 2.05) is 6.07 Å². The molecule has 0 unspecified atom stereocenters. The molecule has 1 spiro atoms. The molecule has 7 nitrogen and oxygen atoms in total. The number of nitrogens with two attached hydrogens (primary N) is 1. The molecule has 2 aliphatic rings. The van der Waals surface area contributed by atoms with E-state index in [0.717, 1.165) is 5.69 Å². The molecule has 0 saturated carbocycles. The summed E-state index contributed by atoms with van der Waals surface area (Å²) in [6.45, 7) is 3.27. The third-order valence-electron chi connectivity index (χ3n) is 4.12. The number of hydrogen-bond acceptors (Lipinski definition) is 6. The molecule has 1 amide bonds. The highest BCUT2D eigenvalue weighted by molar-refractivity contribution is 6.06. The van der Waals surface area contributed by atoms with Crippen molar-refractivity contribution in [2.45, 2.75) is 25.4 Å². The van der Waals surface area contributed by atoms with Crippen molar-refractivity contribution < 1.29 is 14.6 Å². The van der Waals surface area contributed by atoms with Gasteiger partial charge < -0.3 is 25.8 Å². The Kier molecular flexibility index (Phi) is 3.56. The lowest BCUT2D eigenvalue weighted by atomic mass is 9.94. The molecule has 2 heterocycles. The summed E-state index contributed by atoms with van der Waals surface area (Å²) >= 11 is 0. The monoisotopic (exact) mass is 304 g/mol. The van der Waals surface area contributed by atoms with Crippen LogP contribution in [-0.2, 0) is 4.74 Å². The number of amidine groups is 1. The number of aromatic hydroxyl groups is 1. The van der Waals surface area contributed by atoms with Crippen LogP contribution in [-0.4, -0.2) is 47.3 Å². The number of ether oxygens (including phenoxy) is 1. The van der Waals surface area contributed by atoms with Crippen molar-refractivity contribution >= 4 is 17.6 Å². The average Bonchev–Trinajstić information content (AvgIpc) is 2.47. The van der Waals surface area contributed by atoms with Gasteiger partial charge in [-0.05, 0) is 19.1 Å². The number of carbonyl (C=O) groups is 1. The quantitative estimate of drug-likeness (QED) is 0.729. The number of piperidine rings is 1. The SMILES string of the molecule is CCOC(=O)N1CCC2(CC1)N=C(N)c1c(O)cccc1N2. The summed E-state index contributed by atoms with van der Waals surface area (Å²) in [5, 5.41) is 13.3. The number of hydrogen-bond donors (Lipinski definition) is 3. The number of nitrogens with one attached hydrogen (secondary N) is 1. The number of phenolic OH excluding ortho intramolecular Hbond substituents is 1. The Balaban J connectivity index is 1.78. The molecule has 0 atom stereocenters. The summed E-state index contributed by atoms with van der Waals surface area (Å²) in [6, 6.07) is 5.22. The molecule has 7 heteroatoms. The molecule has 0 aromatic heterocycles. The molecule has 2 aliphatic heterocycles. The third kappa shape index (κ3) is 2.43. The van der Waals surface area contributed by atoms with Crippen molar-refractivity contribution in [2.75, 3.05) is 25.0 Å². The molecule has 22 heavy (non-hydrogen) atoms. The van der Waals surface area contributed by atoms with E-state index in [2.05, 4.69) is 10.3 Å². The van der Waals surface area contributed by atoms with Gasteiger partial charge in [0.15, 0.2) is 0 Å². The van der Waals surface area contributed by atoms with Crippen molar-refractivity contribution in [2.24, 2.45) is 10.7 Å². The first-order chi connectivity index (χ1) is 10.5. The van der Waals surface area contributed by atoms with Crippen molar-refractivity contribution in [3.8, 4) is 5.75 Å². The first-order valence-corrected chi connectivity index (χ1v) is 7.42. The molecule has 0 aliphatic carbocycles. The zero-order chi connectivity index (χ0) is 15.7. The minimum atomic E-state index is -0.520. The lowest BCUT2D eigenvalue weighted by Crippen LogP contribution is -2.52. The molecule has 1 saturated heterocycles. The number of likely N-dealkylation sites (tertiary alicyclic amines) is 1. The van der Waals surface area contributed by atoms with Gasteiger partial charge >= 0.3 is 6.09 Å². The second-order valence-corrected chi connectivity index (χ2v) is 5.54. The number of phenols is 1. The van der Waals surface area contributed by atoms with Gasteiger partial charge in [0.05, 0.1) is 17.9 Å². The highest BCUT2D eigenvalue weighted by Gasteiger charge is 2.39. The lowest BCUT2D eigenvalue weighted by Gasteiger charge is -2.42. The molecule has 1 aromatic rings. The van der Waals surface area contributed by atoms with Gasteiger partial charge in [-0.15, -0.1) is 0 Å². The molecule has 1 fully saturated rings. The first kappa shape index (κ1) is 14.5. The van der Waals surface area contributed by atoms with Crippen molar-refractivity contribution in [1.82, 2.24) is 4.90 Å². The Bertz CT molecular complexity index is 621. The number of amides is 1. The van der Waals surface area contributed by atoms with E-state index >= 15 is 0 Å². The Morgan fingerprint density at radius 1 is 1.50 bits per heavy atom. The van der Waals surface area contributed by atoms with Gasteiger partial charge in [-0.2, -0.15) is 0 Å². The highest BCUT2D eigenvalue weighted by atomic mass is 16.6. The predicted octanol–water partition coefficient (Wildman–Crippen LogP) is 1.47. The van der Waals surface area contributed by atoms with Gasteiger partial charge in [0, 0.05) is 25.9 Å². The summed E-state index contributed by atoms with van der Waals surface area (Å²) in [7, 11) is 0. The average molecular weight is 304 g/mol. The van der Waals surface area contributed by atoms with Crippen LogP contribution < -0.4 is 11.1 Å². The van der Waals surface area contributed by atoms with Crippen molar-refractivity contribution in [3.05, 3.63) is 23.8 Å². The van der Waals surface area contributed by atoms with Crippen LogP contribution in [0.1, 0.15) is 25.3 Å². The molecule has 118 valence electrons. The van der Waals surface area contributed by atoms with Crippen LogP contribution in [0, 0.1) is 0 Å². The maximum Gasteiger partial charge on any atom is 0.409 e. The van der Waals surface area contributed by atoms with E-state index in [-0.39, 0.29) is 11.8 Å². The summed E-state index contributed by atoms with van der Waals surface area (Å²) < 4.78 is 5.02. The maximum atomic E-state index is 11.8. The molecule has 1 aromatic carbocycles. The Labute approximate surface area is 128 Å². The van der Waals surface area contributed by atoms with Crippen LogP contribution in [0.2, 0.25) is 0 Å². The number of fused-ring (bicyclic) bond motifs is 1. The Morgan fingerprint density at radius 3 is 2.91 bits per heavy atom. The van der Waals surface area contributed by atoms with Crippen molar-refractivity contribution in [1.29, 1.82) is 0 Å². The molecule has 0 bridgehead atoms. The topological polar surface area (TPSA) is 100 Å². The maximum absolute atomic E-state index is 11.8. The van der Waals surface area contributed by atoms with Crippen LogP contribution in [0.5, 0.6) is 5.75 Å². The van der Waals surface area contributed by atoms with E-state index in [9.17, 15) is 9.90 Å². The third-order valence-corrected chi connectivity index (χ3v) is 4.12. The van der Waals surface area contributed by atoms with Gasteiger partial charge in [0.1, 0.15) is 17.2 Å². The highest BCUT2D eigenvalue weighted by Crippen LogP contribution is 2.37. The van der Waals surface area contributed by atoms with Gasteiger partial charge in [-0.3, -0.25) is 0 Å². The van der Waals surface area contributed by atoms with Gasteiger partial charge in [-0.25, -0.2) is 9.79 Å². The Hall–Kier alpha value is -2.44. The van der Waals surface area contributed by atoms with E-state index < -0.39 is 5.66 Å².